The lowest BCUT2D eigenvalue weighted by Gasteiger charge is -2.22. The average molecular weight is 386 g/mol. The Bertz CT molecular complexity index is 660. The van der Waals surface area contributed by atoms with Crippen LogP contribution in [0.4, 0.5) is 0 Å². The van der Waals surface area contributed by atoms with Crippen LogP contribution in [-0.2, 0) is 23.9 Å². The zero-order valence-electron chi connectivity index (χ0n) is 14.4. The van der Waals surface area contributed by atoms with E-state index in [0.29, 0.717) is 5.02 Å². The predicted octanol–water partition coefficient (Wildman–Crippen LogP) is 1.66. The fourth-order valence-corrected chi connectivity index (χ4v) is 2.27. The monoisotopic (exact) mass is 385 g/mol. The number of nitrogens with one attached hydrogen (secondary N) is 1. The van der Waals surface area contributed by atoms with Crippen molar-refractivity contribution in [3.05, 3.63) is 34.9 Å². The van der Waals surface area contributed by atoms with Gasteiger partial charge in [0.1, 0.15) is 6.04 Å². The van der Waals surface area contributed by atoms with Crippen LogP contribution in [0.1, 0.15) is 30.6 Å². The van der Waals surface area contributed by atoms with Crippen molar-refractivity contribution in [3.8, 4) is 0 Å². The third-order valence-electron chi connectivity index (χ3n) is 3.34. The first-order chi connectivity index (χ1) is 12.3. The van der Waals surface area contributed by atoms with Crippen molar-refractivity contribution in [2.75, 3.05) is 13.2 Å². The molecule has 0 bridgehead atoms. The average Bonchev–Trinajstić information content (AvgIpc) is 2.58. The Morgan fingerprint density at radius 3 is 2.15 bits per heavy atom. The number of carboxylic acids is 1. The number of esters is 2. The van der Waals surface area contributed by atoms with Crippen molar-refractivity contribution in [3.63, 3.8) is 0 Å². The summed E-state index contributed by atoms with van der Waals surface area (Å²) < 4.78 is 9.60. The number of carbonyl (C=O) groups is 4. The van der Waals surface area contributed by atoms with Crippen molar-refractivity contribution in [2.24, 2.45) is 5.92 Å². The van der Waals surface area contributed by atoms with Gasteiger partial charge in [-0.3, -0.25) is 14.4 Å². The Morgan fingerprint density at radius 2 is 1.65 bits per heavy atom. The number of amides is 1. The lowest BCUT2D eigenvalue weighted by atomic mass is 9.95. The number of halogens is 1. The molecule has 0 saturated heterocycles. The largest absolute Gasteiger partial charge is 0.480 e. The standard InChI is InChI=1S/C17H20ClNO7/c1-3-25-13(20)9-12(17(24)26-4-2)14(16(22)23)19-15(21)10-5-7-11(18)8-6-10/h5-8,12,14H,3-4,9H2,1-2H3,(H,19,21)(H,22,23)/t12-,14+/m1/s1. The minimum Gasteiger partial charge on any atom is -0.480 e. The third kappa shape index (κ3) is 6.36. The van der Waals surface area contributed by atoms with E-state index in [4.69, 9.17) is 21.1 Å². The molecule has 0 spiro atoms. The summed E-state index contributed by atoms with van der Waals surface area (Å²) in [6, 6.07) is 4.07. The van der Waals surface area contributed by atoms with Crippen molar-refractivity contribution in [2.45, 2.75) is 26.3 Å². The smallest absolute Gasteiger partial charge is 0.327 e. The maximum atomic E-state index is 12.3. The van der Waals surface area contributed by atoms with Gasteiger partial charge in [-0.05, 0) is 38.1 Å². The van der Waals surface area contributed by atoms with Gasteiger partial charge in [-0.25, -0.2) is 4.79 Å². The normalized spacial score (nSPS) is 12.6. The van der Waals surface area contributed by atoms with E-state index in [1.807, 2.05) is 0 Å². The number of hydrogen-bond acceptors (Lipinski definition) is 6. The third-order valence-corrected chi connectivity index (χ3v) is 3.59. The molecular formula is C17H20ClNO7. The second kappa shape index (κ2) is 10.4. The predicted molar refractivity (Wildman–Crippen MR) is 91.7 cm³/mol. The first kappa shape index (κ1) is 21.4. The van der Waals surface area contributed by atoms with Crippen molar-refractivity contribution in [1.29, 1.82) is 0 Å². The van der Waals surface area contributed by atoms with Gasteiger partial charge >= 0.3 is 17.9 Å². The topological polar surface area (TPSA) is 119 Å². The van der Waals surface area contributed by atoms with Crippen LogP contribution in [0.5, 0.6) is 0 Å². The SMILES string of the molecule is CCOC(=O)C[C@@H](C(=O)OCC)[C@H](NC(=O)c1ccc(Cl)cc1)C(=O)O. The van der Waals surface area contributed by atoms with Gasteiger partial charge in [0, 0.05) is 10.6 Å². The van der Waals surface area contributed by atoms with Crippen molar-refractivity contribution in [1.82, 2.24) is 5.32 Å². The summed E-state index contributed by atoms with van der Waals surface area (Å²) in [5, 5.41) is 12.1. The van der Waals surface area contributed by atoms with Crippen LogP contribution in [0.25, 0.3) is 0 Å². The van der Waals surface area contributed by atoms with Crippen LogP contribution in [-0.4, -0.2) is 48.2 Å². The van der Waals surface area contributed by atoms with Crippen LogP contribution in [0.2, 0.25) is 5.02 Å². The summed E-state index contributed by atoms with van der Waals surface area (Å²) in [5.74, 6) is -5.31. The van der Waals surface area contributed by atoms with Crippen LogP contribution in [0.3, 0.4) is 0 Å². The molecule has 0 unspecified atom stereocenters. The summed E-state index contributed by atoms with van der Waals surface area (Å²) in [6.07, 6.45) is -0.537. The minimum absolute atomic E-state index is 0.00434. The van der Waals surface area contributed by atoms with E-state index >= 15 is 0 Å². The van der Waals surface area contributed by atoms with Crippen LogP contribution >= 0.6 is 11.6 Å². The molecule has 2 N–H and O–H groups in total. The fourth-order valence-electron chi connectivity index (χ4n) is 2.15. The maximum absolute atomic E-state index is 12.3. The number of ether oxygens (including phenoxy) is 2. The van der Waals surface area contributed by atoms with Gasteiger partial charge in [0.25, 0.3) is 5.91 Å². The molecule has 0 saturated carbocycles. The minimum atomic E-state index is -1.67. The Balaban J connectivity index is 3.03. The summed E-state index contributed by atoms with van der Waals surface area (Å²) in [7, 11) is 0. The first-order valence-corrected chi connectivity index (χ1v) is 8.29. The van der Waals surface area contributed by atoms with E-state index in [1.54, 1.807) is 13.8 Å². The maximum Gasteiger partial charge on any atom is 0.327 e. The molecule has 26 heavy (non-hydrogen) atoms. The Hall–Kier alpha value is -2.61. The van der Waals surface area contributed by atoms with Gasteiger partial charge in [-0.15, -0.1) is 0 Å². The molecule has 2 atom stereocenters. The van der Waals surface area contributed by atoms with Crippen LogP contribution in [0.15, 0.2) is 24.3 Å². The van der Waals surface area contributed by atoms with E-state index in [2.05, 4.69) is 5.32 Å². The highest BCUT2D eigenvalue weighted by Gasteiger charge is 2.38. The quantitative estimate of drug-likeness (QED) is 0.620. The molecule has 0 aliphatic carbocycles. The molecule has 9 heteroatoms. The second-order valence-electron chi connectivity index (χ2n) is 5.16. The van der Waals surface area contributed by atoms with Crippen molar-refractivity contribution < 1.29 is 33.8 Å². The number of benzene rings is 1. The molecule has 0 heterocycles. The molecule has 0 radical (unpaired) electrons. The first-order valence-electron chi connectivity index (χ1n) is 7.91. The number of carbonyl (C=O) groups excluding carboxylic acids is 3. The molecule has 8 nitrogen and oxygen atoms in total. The summed E-state index contributed by atoms with van der Waals surface area (Å²) >= 11 is 5.75. The zero-order valence-corrected chi connectivity index (χ0v) is 15.1. The summed E-state index contributed by atoms with van der Waals surface area (Å²) in [6.45, 7) is 3.19. The summed E-state index contributed by atoms with van der Waals surface area (Å²) in [5.41, 5.74) is 0.152. The lowest BCUT2D eigenvalue weighted by molar-refractivity contribution is -0.159. The number of rotatable bonds is 9. The number of aliphatic carboxylic acids is 1. The van der Waals surface area contributed by atoms with Crippen molar-refractivity contribution >= 4 is 35.4 Å². The van der Waals surface area contributed by atoms with E-state index < -0.39 is 42.2 Å². The fraction of sp³-hybridized carbons (Fsp3) is 0.412. The van der Waals surface area contributed by atoms with Gasteiger partial charge in [0.2, 0.25) is 0 Å². The lowest BCUT2D eigenvalue weighted by Crippen LogP contribution is -2.49. The zero-order chi connectivity index (χ0) is 19.7. The highest BCUT2D eigenvalue weighted by molar-refractivity contribution is 6.30. The van der Waals surface area contributed by atoms with Gasteiger partial charge in [-0.2, -0.15) is 0 Å². The van der Waals surface area contributed by atoms with Crippen LogP contribution in [0, 0.1) is 5.92 Å². The molecule has 142 valence electrons. The Labute approximate surface area is 155 Å². The number of carboxylic acid groups (broad SMARTS) is 1. The van der Waals surface area contributed by atoms with E-state index in [-0.39, 0.29) is 18.8 Å². The van der Waals surface area contributed by atoms with Gasteiger partial charge in [-0.1, -0.05) is 11.6 Å². The van der Waals surface area contributed by atoms with E-state index in [9.17, 15) is 24.3 Å². The Morgan fingerprint density at radius 1 is 1.08 bits per heavy atom. The summed E-state index contributed by atoms with van der Waals surface area (Å²) in [4.78, 5) is 47.8. The van der Waals surface area contributed by atoms with E-state index in [0.717, 1.165) is 0 Å². The molecule has 0 aliphatic rings. The molecule has 1 amide bonds. The molecule has 1 aromatic carbocycles. The molecular weight excluding hydrogens is 366 g/mol. The molecule has 1 rings (SSSR count). The highest BCUT2D eigenvalue weighted by atomic mass is 35.5. The van der Waals surface area contributed by atoms with Crippen LogP contribution < -0.4 is 5.32 Å². The Kier molecular flexibility index (Phi) is 8.57. The molecule has 1 aromatic rings. The number of hydrogen-bond donors (Lipinski definition) is 2. The van der Waals surface area contributed by atoms with Gasteiger partial charge in [0.15, 0.2) is 0 Å². The van der Waals surface area contributed by atoms with E-state index in [1.165, 1.54) is 24.3 Å². The van der Waals surface area contributed by atoms with Gasteiger partial charge in [0.05, 0.1) is 25.6 Å². The molecule has 0 aliphatic heterocycles. The molecule has 0 aromatic heterocycles. The highest BCUT2D eigenvalue weighted by Crippen LogP contribution is 2.16. The van der Waals surface area contributed by atoms with Gasteiger partial charge < -0.3 is 19.9 Å². The second-order valence-corrected chi connectivity index (χ2v) is 5.60. The molecule has 0 fully saturated rings.